The molecule has 1 atom stereocenters. The number of hydrogen-bond donors (Lipinski definition) is 0. The van der Waals surface area contributed by atoms with Crippen molar-refractivity contribution in [3.05, 3.63) is 35.9 Å². The highest BCUT2D eigenvalue weighted by Crippen LogP contribution is 2.23. The van der Waals surface area contributed by atoms with Crippen LogP contribution in [0.5, 0.6) is 0 Å². The number of fused-ring (bicyclic) bond motifs is 1. The molecule has 3 heteroatoms. The van der Waals surface area contributed by atoms with E-state index < -0.39 is 0 Å². The molecular formula is C17H25N3. The predicted octanol–water partition coefficient (Wildman–Crippen LogP) is 3.45. The van der Waals surface area contributed by atoms with E-state index >= 15 is 0 Å². The second-order valence-electron chi connectivity index (χ2n) is 6.29. The van der Waals surface area contributed by atoms with Crippen molar-refractivity contribution < 1.29 is 0 Å². The largest absolute Gasteiger partial charge is 0.301 e. The molecule has 20 heavy (non-hydrogen) atoms. The number of aromatic nitrogens is 2. The van der Waals surface area contributed by atoms with E-state index in [1.54, 1.807) is 0 Å². The van der Waals surface area contributed by atoms with E-state index in [-0.39, 0.29) is 0 Å². The summed E-state index contributed by atoms with van der Waals surface area (Å²) in [5.74, 6) is 1.22. The van der Waals surface area contributed by atoms with Gasteiger partial charge in [0.05, 0.1) is 11.7 Å². The molecular weight excluding hydrogens is 246 g/mol. The first-order valence-electron chi connectivity index (χ1n) is 7.84. The Hall–Kier alpha value is -1.35. The van der Waals surface area contributed by atoms with Crippen molar-refractivity contribution in [3.63, 3.8) is 0 Å². The lowest BCUT2D eigenvalue weighted by atomic mass is 9.97. The highest BCUT2D eigenvalue weighted by Gasteiger charge is 2.25. The standard InChI is InChI=1S/C17H25N3/c1-13(2)19-10-5-4-8-15(19)11-17-18-12-16-9-6-7-14(3)20(16)17/h6-7,9,12-13,15H,4-5,8,10-11H2,1-3H3. The van der Waals surface area contributed by atoms with Gasteiger partial charge >= 0.3 is 0 Å². The summed E-state index contributed by atoms with van der Waals surface area (Å²) in [5, 5.41) is 0. The maximum atomic E-state index is 4.68. The molecule has 0 N–H and O–H groups in total. The number of aryl methyl sites for hydroxylation is 1. The zero-order chi connectivity index (χ0) is 14.1. The van der Waals surface area contributed by atoms with Crippen LogP contribution in [0.3, 0.4) is 0 Å². The van der Waals surface area contributed by atoms with E-state index in [9.17, 15) is 0 Å². The van der Waals surface area contributed by atoms with Gasteiger partial charge in [-0.3, -0.25) is 4.90 Å². The van der Waals surface area contributed by atoms with Crippen molar-refractivity contribution in [2.24, 2.45) is 0 Å². The lowest BCUT2D eigenvalue weighted by Crippen LogP contribution is -2.45. The monoisotopic (exact) mass is 271 g/mol. The third-order valence-electron chi connectivity index (χ3n) is 4.57. The number of piperidine rings is 1. The van der Waals surface area contributed by atoms with Crippen molar-refractivity contribution in [1.82, 2.24) is 14.3 Å². The van der Waals surface area contributed by atoms with Crippen LogP contribution < -0.4 is 0 Å². The molecule has 0 bridgehead atoms. The summed E-state index contributed by atoms with van der Waals surface area (Å²) in [6, 6.07) is 7.70. The number of pyridine rings is 1. The van der Waals surface area contributed by atoms with Gasteiger partial charge in [-0.25, -0.2) is 4.98 Å². The molecule has 0 saturated carbocycles. The molecule has 3 nitrogen and oxygen atoms in total. The number of hydrogen-bond acceptors (Lipinski definition) is 2. The number of imidazole rings is 1. The van der Waals surface area contributed by atoms with E-state index in [1.165, 1.54) is 42.8 Å². The molecule has 1 aliphatic heterocycles. The molecule has 1 unspecified atom stereocenters. The third-order valence-corrected chi connectivity index (χ3v) is 4.57. The van der Waals surface area contributed by atoms with Crippen LogP contribution in [-0.4, -0.2) is 32.9 Å². The van der Waals surface area contributed by atoms with Gasteiger partial charge in [-0.1, -0.05) is 12.5 Å². The fourth-order valence-corrected chi connectivity index (χ4v) is 3.57. The summed E-state index contributed by atoms with van der Waals surface area (Å²) in [5.41, 5.74) is 2.49. The van der Waals surface area contributed by atoms with Gasteiger partial charge in [0.15, 0.2) is 0 Å². The second kappa shape index (κ2) is 5.57. The van der Waals surface area contributed by atoms with Crippen LogP contribution in [0, 0.1) is 6.92 Å². The predicted molar refractivity (Wildman–Crippen MR) is 83.1 cm³/mol. The molecule has 3 rings (SSSR count). The van der Waals surface area contributed by atoms with E-state index in [4.69, 9.17) is 0 Å². The average Bonchev–Trinajstić information content (AvgIpc) is 2.84. The van der Waals surface area contributed by atoms with Crippen molar-refractivity contribution >= 4 is 5.52 Å². The van der Waals surface area contributed by atoms with E-state index in [0.717, 1.165) is 6.42 Å². The van der Waals surface area contributed by atoms with Crippen LogP contribution in [0.15, 0.2) is 24.4 Å². The van der Waals surface area contributed by atoms with Crippen molar-refractivity contribution in [3.8, 4) is 0 Å². The topological polar surface area (TPSA) is 20.5 Å². The first-order valence-corrected chi connectivity index (χ1v) is 7.84. The molecule has 3 heterocycles. The quantitative estimate of drug-likeness (QED) is 0.852. The van der Waals surface area contributed by atoms with Gasteiger partial charge < -0.3 is 4.40 Å². The van der Waals surface area contributed by atoms with Crippen molar-refractivity contribution in [1.29, 1.82) is 0 Å². The Kier molecular flexibility index (Phi) is 3.79. The molecule has 0 amide bonds. The summed E-state index contributed by atoms with van der Waals surface area (Å²) < 4.78 is 2.31. The van der Waals surface area contributed by atoms with Crippen LogP contribution in [0.1, 0.15) is 44.6 Å². The second-order valence-corrected chi connectivity index (χ2v) is 6.29. The van der Waals surface area contributed by atoms with Gasteiger partial charge in [0, 0.05) is 24.2 Å². The zero-order valence-corrected chi connectivity index (χ0v) is 12.8. The Morgan fingerprint density at radius 1 is 1.30 bits per heavy atom. The number of rotatable bonds is 3. The first-order chi connectivity index (χ1) is 9.66. The van der Waals surface area contributed by atoms with Gasteiger partial charge in [0.2, 0.25) is 0 Å². The van der Waals surface area contributed by atoms with Crippen LogP contribution >= 0.6 is 0 Å². The SMILES string of the molecule is Cc1cccc2cnc(CC3CCCCN3C(C)C)n12. The Morgan fingerprint density at radius 3 is 2.95 bits per heavy atom. The molecule has 2 aromatic rings. The summed E-state index contributed by atoms with van der Waals surface area (Å²) in [6.45, 7) is 8.03. The maximum absolute atomic E-state index is 4.68. The lowest BCUT2D eigenvalue weighted by molar-refractivity contribution is 0.110. The minimum absolute atomic E-state index is 0.632. The van der Waals surface area contributed by atoms with Gasteiger partial charge in [-0.05, 0) is 52.3 Å². The molecule has 0 aromatic carbocycles. The third kappa shape index (κ3) is 2.47. The summed E-state index contributed by atoms with van der Waals surface area (Å²) in [4.78, 5) is 7.34. The molecule has 108 valence electrons. The summed E-state index contributed by atoms with van der Waals surface area (Å²) in [7, 11) is 0. The molecule has 0 aliphatic carbocycles. The molecule has 0 radical (unpaired) electrons. The van der Waals surface area contributed by atoms with Crippen molar-refractivity contribution in [2.75, 3.05) is 6.54 Å². The maximum Gasteiger partial charge on any atom is 0.115 e. The minimum Gasteiger partial charge on any atom is -0.301 e. The summed E-state index contributed by atoms with van der Waals surface area (Å²) >= 11 is 0. The smallest absolute Gasteiger partial charge is 0.115 e. The molecule has 2 aromatic heterocycles. The molecule has 1 fully saturated rings. The normalized spacial score (nSPS) is 20.9. The van der Waals surface area contributed by atoms with Crippen LogP contribution in [0.4, 0.5) is 0 Å². The van der Waals surface area contributed by atoms with E-state index in [0.29, 0.717) is 12.1 Å². The Labute approximate surface area is 121 Å². The zero-order valence-electron chi connectivity index (χ0n) is 12.8. The van der Waals surface area contributed by atoms with E-state index in [2.05, 4.69) is 53.3 Å². The molecule has 1 saturated heterocycles. The number of likely N-dealkylation sites (tertiary alicyclic amines) is 1. The van der Waals surface area contributed by atoms with Crippen molar-refractivity contribution in [2.45, 2.75) is 58.5 Å². The number of nitrogens with zero attached hydrogens (tertiary/aromatic N) is 3. The van der Waals surface area contributed by atoms with Crippen LogP contribution in [0.25, 0.3) is 5.52 Å². The highest BCUT2D eigenvalue weighted by atomic mass is 15.2. The van der Waals surface area contributed by atoms with Gasteiger partial charge in [-0.2, -0.15) is 0 Å². The van der Waals surface area contributed by atoms with Gasteiger partial charge in [-0.15, -0.1) is 0 Å². The average molecular weight is 271 g/mol. The van der Waals surface area contributed by atoms with Crippen LogP contribution in [0.2, 0.25) is 0 Å². The van der Waals surface area contributed by atoms with Gasteiger partial charge in [0.1, 0.15) is 5.82 Å². The Balaban J connectivity index is 1.88. The Morgan fingerprint density at radius 2 is 2.15 bits per heavy atom. The molecule has 0 spiro atoms. The lowest BCUT2D eigenvalue weighted by Gasteiger charge is -2.38. The van der Waals surface area contributed by atoms with E-state index in [1.807, 2.05) is 6.20 Å². The minimum atomic E-state index is 0.632. The van der Waals surface area contributed by atoms with Crippen LogP contribution in [-0.2, 0) is 6.42 Å². The fraction of sp³-hybridized carbons (Fsp3) is 0.588. The molecule has 1 aliphatic rings. The fourth-order valence-electron chi connectivity index (χ4n) is 3.57. The summed E-state index contributed by atoms with van der Waals surface area (Å²) in [6.07, 6.45) is 7.08. The highest BCUT2D eigenvalue weighted by molar-refractivity contribution is 5.47. The van der Waals surface area contributed by atoms with Gasteiger partial charge in [0.25, 0.3) is 0 Å². The first kappa shape index (κ1) is 13.6. The Bertz CT molecular complexity index is 585.